The lowest BCUT2D eigenvalue weighted by Gasteiger charge is -2.42. The van der Waals surface area contributed by atoms with Gasteiger partial charge in [-0.05, 0) is 38.0 Å². The number of amides is 1. The van der Waals surface area contributed by atoms with Crippen LogP contribution in [0.1, 0.15) is 35.9 Å². The molecule has 8 heteroatoms. The molecule has 0 aliphatic carbocycles. The van der Waals surface area contributed by atoms with Crippen molar-refractivity contribution in [3.8, 4) is 0 Å². The second kappa shape index (κ2) is 8.28. The monoisotopic (exact) mass is 415 g/mol. The number of carbonyl (C=O) groups is 1. The smallest absolute Gasteiger partial charge is 0.239 e. The van der Waals surface area contributed by atoms with E-state index in [1.165, 1.54) is 17.7 Å². The standard InChI is InChI=1S/C21H26FN5OS/c1-13-10-26(21(28)17(23)9-15-3-5-16(22)6-4-15)7-8-27(13)20-19-14(2)29-11-18(19)24-12-25-20/h3-6,12-14,17H,7-11,23H2,1-2H3. The topological polar surface area (TPSA) is 75.4 Å². The van der Waals surface area contributed by atoms with E-state index in [2.05, 4.69) is 28.7 Å². The molecular formula is C21H26FN5OS. The summed E-state index contributed by atoms with van der Waals surface area (Å²) in [7, 11) is 0. The Balaban J connectivity index is 1.42. The van der Waals surface area contributed by atoms with Gasteiger partial charge >= 0.3 is 0 Å². The van der Waals surface area contributed by atoms with E-state index < -0.39 is 6.04 Å². The third-order valence-corrected chi connectivity index (χ3v) is 6.90. The maximum absolute atomic E-state index is 13.1. The largest absolute Gasteiger partial charge is 0.350 e. The number of anilines is 1. The highest BCUT2D eigenvalue weighted by atomic mass is 32.2. The summed E-state index contributed by atoms with van der Waals surface area (Å²) in [5.41, 5.74) is 9.40. The normalized spacial score (nSPS) is 22.5. The molecule has 3 heterocycles. The highest BCUT2D eigenvalue weighted by molar-refractivity contribution is 7.99. The van der Waals surface area contributed by atoms with Crippen LogP contribution >= 0.6 is 11.8 Å². The predicted molar refractivity (Wildman–Crippen MR) is 113 cm³/mol. The van der Waals surface area contributed by atoms with Crippen molar-refractivity contribution in [2.24, 2.45) is 5.73 Å². The number of nitrogens with two attached hydrogens (primary N) is 1. The van der Waals surface area contributed by atoms with Crippen molar-refractivity contribution >= 4 is 23.5 Å². The summed E-state index contributed by atoms with van der Waals surface area (Å²) in [5.74, 6) is 1.58. The summed E-state index contributed by atoms with van der Waals surface area (Å²) >= 11 is 1.88. The van der Waals surface area contributed by atoms with Gasteiger partial charge in [0.25, 0.3) is 0 Å². The average molecular weight is 416 g/mol. The molecule has 0 bridgehead atoms. The first-order valence-electron chi connectivity index (χ1n) is 9.95. The maximum Gasteiger partial charge on any atom is 0.239 e. The van der Waals surface area contributed by atoms with Crippen LogP contribution in [0.2, 0.25) is 0 Å². The molecule has 3 unspecified atom stereocenters. The van der Waals surface area contributed by atoms with Crippen molar-refractivity contribution in [3.63, 3.8) is 0 Å². The van der Waals surface area contributed by atoms with Gasteiger partial charge in [0.15, 0.2) is 0 Å². The first kappa shape index (κ1) is 20.1. The van der Waals surface area contributed by atoms with Crippen LogP contribution in [0.4, 0.5) is 10.2 Å². The van der Waals surface area contributed by atoms with E-state index in [1.807, 2.05) is 16.7 Å². The lowest BCUT2D eigenvalue weighted by atomic mass is 10.0. The van der Waals surface area contributed by atoms with Gasteiger partial charge < -0.3 is 15.5 Å². The molecule has 2 aliphatic rings. The Hall–Kier alpha value is -2.19. The Morgan fingerprint density at radius 3 is 2.76 bits per heavy atom. The Bertz CT molecular complexity index is 893. The highest BCUT2D eigenvalue weighted by Gasteiger charge is 2.34. The van der Waals surface area contributed by atoms with E-state index >= 15 is 0 Å². The molecule has 2 N–H and O–H groups in total. The van der Waals surface area contributed by atoms with Crippen molar-refractivity contribution in [2.45, 2.75) is 43.4 Å². The third kappa shape index (κ3) is 4.09. The van der Waals surface area contributed by atoms with E-state index in [0.29, 0.717) is 24.8 Å². The molecule has 29 heavy (non-hydrogen) atoms. The van der Waals surface area contributed by atoms with Gasteiger partial charge in [0, 0.05) is 42.2 Å². The molecular weight excluding hydrogens is 389 g/mol. The number of hydrogen-bond acceptors (Lipinski definition) is 6. The van der Waals surface area contributed by atoms with E-state index in [1.54, 1.807) is 18.5 Å². The average Bonchev–Trinajstić information content (AvgIpc) is 3.10. The molecule has 1 saturated heterocycles. The zero-order valence-electron chi connectivity index (χ0n) is 16.7. The zero-order valence-corrected chi connectivity index (χ0v) is 17.5. The lowest BCUT2D eigenvalue weighted by molar-refractivity contribution is -0.133. The minimum absolute atomic E-state index is 0.0577. The molecule has 0 spiro atoms. The van der Waals surface area contributed by atoms with Gasteiger partial charge in [0.05, 0.1) is 11.7 Å². The Morgan fingerprint density at radius 2 is 2.03 bits per heavy atom. The summed E-state index contributed by atoms with van der Waals surface area (Å²) in [6.45, 7) is 6.25. The number of aromatic nitrogens is 2. The first-order chi connectivity index (χ1) is 13.9. The maximum atomic E-state index is 13.1. The van der Waals surface area contributed by atoms with Crippen molar-refractivity contribution in [2.75, 3.05) is 24.5 Å². The fourth-order valence-corrected chi connectivity index (χ4v) is 5.18. The molecule has 4 rings (SSSR count). The highest BCUT2D eigenvalue weighted by Crippen LogP contribution is 2.44. The zero-order chi connectivity index (χ0) is 20.5. The molecule has 154 valence electrons. The second-order valence-electron chi connectivity index (χ2n) is 7.77. The number of benzene rings is 1. The van der Waals surface area contributed by atoms with Gasteiger partial charge in [0.2, 0.25) is 5.91 Å². The van der Waals surface area contributed by atoms with Crippen LogP contribution in [0.15, 0.2) is 30.6 Å². The lowest BCUT2D eigenvalue weighted by Crippen LogP contribution is -2.57. The number of rotatable bonds is 4. The van der Waals surface area contributed by atoms with Crippen LogP contribution in [0, 0.1) is 5.82 Å². The molecule has 2 aromatic rings. The first-order valence-corrected chi connectivity index (χ1v) is 11.0. The van der Waals surface area contributed by atoms with Gasteiger partial charge in [-0.25, -0.2) is 14.4 Å². The number of fused-ring (bicyclic) bond motifs is 1. The van der Waals surface area contributed by atoms with Crippen molar-refractivity contribution in [1.82, 2.24) is 14.9 Å². The minimum atomic E-state index is -0.626. The molecule has 3 atom stereocenters. The molecule has 0 saturated carbocycles. The van der Waals surface area contributed by atoms with Crippen molar-refractivity contribution in [1.29, 1.82) is 0 Å². The minimum Gasteiger partial charge on any atom is -0.350 e. The van der Waals surface area contributed by atoms with E-state index in [9.17, 15) is 9.18 Å². The summed E-state index contributed by atoms with van der Waals surface area (Å²) in [6, 6.07) is 5.66. The Morgan fingerprint density at radius 1 is 1.28 bits per heavy atom. The predicted octanol–water partition coefficient (Wildman–Crippen LogP) is 2.53. The number of nitrogens with zero attached hydrogens (tertiary/aromatic N) is 4. The molecule has 1 aromatic heterocycles. The van der Waals surface area contributed by atoms with Crippen LogP contribution in [0.3, 0.4) is 0 Å². The fourth-order valence-electron chi connectivity index (χ4n) is 4.14. The van der Waals surface area contributed by atoms with Gasteiger partial charge in [-0.2, -0.15) is 0 Å². The van der Waals surface area contributed by atoms with Crippen LogP contribution in [-0.4, -0.2) is 52.5 Å². The number of halogens is 1. The fraction of sp³-hybridized carbons (Fsp3) is 0.476. The Kier molecular flexibility index (Phi) is 5.74. The number of carbonyl (C=O) groups excluding carboxylic acids is 1. The second-order valence-corrected chi connectivity index (χ2v) is 9.10. The van der Waals surface area contributed by atoms with E-state index in [0.717, 1.165) is 29.4 Å². The Labute approximate surface area is 174 Å². The van der Waals surface area contributed by atoms with Gasteiger partial charge in [-0.15, -0.1) is 11.8 Å². The summed E-state index contributed by atoms with van der Waals surface area (Å²) in [4.78, 5) is 26.0. The van der Waals surface area contributed by atoms with Gasteiger partial charge in [-0.1, -0.05) is 12.1 Å². The van der Waals surface area contributed by atoms with E-state index in [-0.39, 0.29) is 17.8 Å². The van der Waals surface area contributed by atoms with Crippen molar-refractivity contribution < 1.29 is 9.18 Å². The van der Waals surface area contributed by atoms with Crippen LogP contribution in [-0.2, 0) is 17.0 Å². The van der Waals surface area contributed by atoms with Crippen LogP contribution < -0.4 is 10.6 Å². The molecule has 1 amide bonds. The number of piperazine rings is 1. The SMILES string of the molecule is CC1SCc2ncnc(N3CCN(C(=O)C(N)Cc4ccc(F)cc4)CC3C)c21. The van der Waals surface area contributed by atoms with Crippen LogP contribution in [0.5, 0.6) is 0 Å². The molecule has 2 aliphatic heterocycles. The summed E-state index contributed by atoms with van der Waals surface area (Å²) < 4.78 is 13.1. The quantitative estimate of drug-likeness (QED) is 0.827. The van der Waals surface area contributed by atoms with Gasteiger partial charge in [-0.3, -0.25) is 4.79 Å². The van der Waals surface area contributed by atoms with E-state index in [4.69, 9.17) is 5.73 Å². The third-order valence-electron chi connectivity index (χ3n) is 5.72. The molecule has 6 nitrogen and oxygen atoms in total. The van der Waals surface area contributed by atoms with Crippen LogP contribution in [0.25, 0.3) is 0 Å². The van der Waals surface area contributed by atoms with Crippen molar-refractivity contribution in [3.05, 3.63) is 53.2 Å². The number of thioether (sulfide) groups is 1. The van der Waals surface area contributed by atoms with Gasteiger partial charge in [0.1, 0.15) is 18.0 Å². The molecule has 0 radical (unpaired) electrons. The molecule has 1 aromatic carbocycles. The summed E-state index contributed by atoms with van der Waals surface area (Å²) in [6.07, 6.45) is 2.05. The molecule has 1 fully saturated rings. The summed E-state index contributed by atoms with van der Waals surface area (Å²) in [5, 5.41) is 0.386. The number of hydrogen-bond donors (Lipinski definition) is 1.